The fourth-order valence-electron chi connectivity index (χ4n) is 3.32. The van der Waals surface area contributed by atoms with Gasteiger partial charge in [0.25, 0.3) is 0 Å². The molecule has 5 heteroatoms. The third-order valence-corrected chi connectivity index (χ3v) is 4.49. The molecule has 21 heavy (non-hydrogen) atoms. The minimum atomic E-state index is -0.964. The van der Waals surface area contributed by atoms with Crippen LogP contribution < -0.4 is 4.74 Å². The summed E-state index contributed by atoms with van der Waals surface area (Å²) in [5.41, 5.74) is 1.33. The molecular formula is C16H20O5. The largest absolute Gasteiger partial charge is 0.496 e. The zero-order chi connectivity index (χ0) is 14.9. The van der Waals surface area contributed by atoms with Crippen LogP contribution in [0.3, 0.4) is 0 Å². The minimum absolute atomic E-state index is 0.205. The van der Waals surface area contributed by atoms with Crippen molar-refractivity contribution in [3.63, 3.8) is 0 Å². The average Bonchev–Trinajstić information content (AvgIpc) is 2.95. The maximum absolute atomic E-state index is 11.1. The molecule has 1 saturated carbocycles. The Bertz CT molecular complexity index is 523. The Morgan fingerprint density at radius 3 is 2.52 bits per heavy atom. The van der Waals surface area contributed by atoms with Crippen molar-refractivity contribution in [2.24, 2.45) is 0 Å². The monoisotopic (exact) mass is 292 g/mol. The maximum atomic E-state index is 11.1. The van der Waals surface area contributed by atoms with E-state index in [4.69, 9.17) is 19.3 Å². The molecule has 2 aliphatic rings. The van der Waals surface area contributed by atoms with Gasteiger partial charge in [0.05, 0.1) is 20.3 Å². The first-order valence-electron chi connectivity index (χ1n) is 7.33. The third-order valence-electron chi connectivity index (χ3n) is 4.49. The van der Waals surface area contributed by atoms with Gasteiger partial charge in [-0.25, -0.2) is 4.79 Å². The summed E-state index contributed by atoms with van der Waals surface area (Å²) in [6.07, 6.45) is 3.74. The van der Waals surface area contributed by atoms with Gasteiger partial charge in [0.1, 0.15) is 11.3 Å². The average molecular weight is 292 g/mol. The molecule has 1 aromatic rings. The highest BCUT2D eigenvalue weighted by molar-refractivity contribution is 5.91. The molecule has 1 N–H and O–H groups in total. The van der Waals surface area contributed by atoms with Crippen LogP contribution in [0.5, 0.6) is 5.75 Å². The van der Waals surface area contributed by atoms with Gasteiger partial charge < -0.3 is 19.3 Å². The topological polar surface area (TPSA) is 65.0 Å². The van der Waals surface area contributed by atoms with Crippen molar-refractivity contribution in [1.82, 2.24) is 0 Å². The van der Waals surface area contributed by atoms with E-state index in [1.54, 1.807) is 6.07 Å². The minimum Gasteiger partial charge on any atom is -0.496 e. The quantitative estimate of drug-likeness (QED) is 0.928. The van der Waals surface area contributed by atoms with Crippen LogP contribution in [0.2, 0.25) is 0 Å². The molecule has 0 bridgehead atoms. The fourth-order valence-corrected chi connectivity index (χ4v) is 3.32. The molecule has 114 valence electrons. The van der Waals surface area contributed by atoms with E-state index in [-0.39, 0.29) is 11.4 Å². The van der Waals surface area contributed by atoms with E-state index in [0.717, 1.165) is 31.2 Å². The summed E-state index contributed by atoms with van der Waals surface area (Å²) in [4.78, 5) is 11.1. The smallest absolute Gasteiger partial charge is 0.339 e. The van der Waals surface area contributed by atoms with Crippen molar-refractivity contribution in [3.8, 4) is 5.75 Å². The molecule has 1 saturated heterocycles. The van der Waals surface area contributed by atoms with E-state index in [1.807, 2.05) is 12.1 Å². The Kier molecular flexibility index (Phi) is 3.87. The molecule has 1 spiro atoms. The molecular weight excluding hydrogens is 272 g/mol. The van der Waals surface area contributed by atoms with Gasteiger partial charge in [0.15, 0.2) is 5.79 Å². The molecule has 1 aliphatic heterocycles. The fraction of sp³-hybridized carbons (Fsp3) is 0.562. The lowest BCUT2D eigenvalue weighted by atomic mass is 9.80. The number of benzene rings is 1. The highest BCUT2D eigenvalue weighted by Gasteiger charge is 2.40. The van der Waals surface area contributed by atoms with Crippen LogP contribution in [-0.2, 0) is 9.47 Å². The van der Waals surface area contributed by atoms with E-state index < -0.39 is 5.97 Å². The summed E-state index contributed by atoms with van der Waals surface area (Å²) >= 11 is 0. The van der Waals surface area contributed by atoms with Crippen molar-refractivity contribution >= 4 is 5.97 Å². The van der Waals surface area contributed by atoms with Gasteiger partial charge in [0, 0.05) is 12.8 Å². The molecule has 0 atom stereocenters. The second-order valence-electron chi connectivity index (χ2n) is 5.65. The standard InChI is InChI=1S/C16H20O5/c1-19-14-10-12(2-3-13(14)15(17)18)11-4-6-16(7-5-11)20-8-9-21-16/h2-3,10-11H,4-9H2,1H3,(H,17,18). The lowest BCUT2D eigenvalue weighted by Crippen LogP contribution is -2.34. The molecule has 0 radical (unpaired) electrons. The number of carbonyl (C=O) groups is 1. The Labute approximate surface area is 123 Å². The SMILES string of the molecule is COc1cc(C2CCC3(CC2)OCCO3)ccc1C(=O)O. The molecule has 0 unspecified atom stereocenters. The summed E-state index contributed by atoms with van der Waals surface area (Å²) in [6, 6.07) is 5.37. The van der Waals surface area contributed by atoms with Crippen LogP contribution in [0.1, 0.15) is 47.5 Å². The van der Waals surface area contributed by atoms with Crippen LogP contribution in [0.25, 0.3) is 0 Å². The zero-order valence-corrected chi connectivity index (χ0v) is 12.1. The number of ether oxygens (including phenoxy) is 3. The van der Waals surface area contributed by atoms with Crippen LogP contribution in [-0.4, -0.2) is 37.2 Å². The Balaban J connectivity index is 1.74. The first-order chi connectivity index (χ1) is 10.1. The predicted molar refractivity (Wildman–Crippen MR) is 75.8 cm³/mol. The molecule has 2 fully saturated rings. The second kappa shape index (κ2) is 5.66. The predicted octanol–water partition coefficient (Wildman–Crippen LogP) is 2.79. The number of methoxy groups -OCH3 is 1. The lowest BCUT2D eigenvalue weighted by molar-refractivity contribution is -0.178. The van der Waals surface area contributed by atoms with E-state index in [2.05, 4.69) is 0 Å². The Morgan fingerprint density at radius 1 is 1.29 bits per heavy atom. The molecule has 1 heterocycles. The zero-order valence-electron chi connectivity index (χ0n) is 12.1. The number of hydrogen-bond acceptors (Lipinski definition) is 4. The van der Waals surface area contributed by atoms with Crippen molar-refractivity contribution in [1.29, 1.82) is 0 Å². The van der Waals surface area contributed by atoms with E-state index in [1.165, 1.54) is 7.11 Å². The summed E-state index contributed by atoms with van der Waals surface area (Å²) in [5.74, 6) is -0.496. The summed E-state index contributed by atoms with van der Waals surface area (Å²) in [5, 5.41) is 9.12. The van der Waals surface area contributed by atoms with Gasteiger partial charge >= 0.3 is 5.97 Å². The van der Waals surface area contributed by atoms with Gasteiger partial charge in [-0.3, -0.25) is 0 Å². The first kappa shape index (κ1) is 14.4. The van der Waals surface area contributed by atoms with Crippen molar-refractivity contribution in [3.05, 3.63) is 29.3 Å². The molecule has 3 rings (SSSR count). The van der Waals surface area contributed by atoms with Crippen molar-refractivity contribution in [2.45, 2.75) is 37.4 Å². The van der Waals surface area contributed by atoms with Gasteiger partial charge in [-0.2, -0.15) is 0 Å². The number of aromatic carboxylic acids is 1. The Morgan fingerprint density at radius 2 is 1.95 bits per heavy atom. The summed E-state index contributed by atoms with van der Waals surface area (Å²) in [7, 11) is 1.50. The molecule has 0 amide bonds. The summed E-state index contributed by atoms with van der Waals surface area (Å²) in [6.45, 7) is 1.37. The number of rotatable bonds is 3. The normalized spacial score (nSPS) is 21.6. The third kappa shape index (κ3) is 2.76. The molecule has 0 aromatic heterocycles. The highest BCUT2D eigenvalue weighted by Crippen LogP contribution is 2.43. The first-order valence-corrected chi connectivity index (χ1v) is 7.33. The van der Waals surface area contributed by atoms with Gasteiger partial charge in [-0.15, -0.1) is 0 Å². The maximum Gasteiger partial charge on any atom is 0.339 e. The van der Waals surface area contributed by atoms with Crippen LogP contribution in [0, 0.1) is 0 Å². The van der Waals surface area contributed by atoms with Gasteiger partial charge in [-0.1, -0.05) is 6.07 Å². The second-order valence-corrected chi connectivity index (χ2v) is 5.65. The molecule has 1 aromatic carbocycles. The molecule has 5 nitrogen and oxygen atoms in total. The van der Waals surface area contributed by atoms with Crippen LogP contribution >= 0.6 is 0 Å². The van der Waals surface area contributed by atoms with E-state index in [9.17, 15) is 4.79 Å². The molecule has 1 aliphatic carbocycles. The highest BCUT2D eigenvalue weighted by atomic mass is 16.7. The van der Waals surface area contributed by atoms with Crippen LogP contribution in [0.15, 0.2) is 18.2 Å². The lowest BCUT2D eigenvalue weighted by Gasteiger charge is -2.35. The number of carboxylic acids is 1. The summed E-state index contributed by atoms with van der Waals surface area (Å²) < 4.78 is 16.7. The van der Waals surface area contributed by atoms with E-state index >= 15 is 0 Å². The van der Waals surface area contributed by atoms with Gasteiger partial charge in [0.2, 0.25) is 0 Å². The van der Waals surface area contributed by atoms with Crippen molar-refractivity contribution in [2.75, 3.05) is 20.3 Å². The van der Waals surface area contributed by atoms with Crippen molar-refractivity contribution < 1.29 is 24.1 Å². The van der Waals surface area contributed by atoms with Gasteiger partial charge in [-0.05, 0) is 36.5 Å². The van der Waals surface area contributed by atoms with E-state index in [0.29, 0.717) is 24.9 Å². The Hall–Kier alpha value is -1.59. The number of hydrogen-bond donors (Lipinski definition) is 1. The van der Waals surface area contributed by atoms with Crippen LogP contribution in [0.4, 0.5) is 0 Å². The number of carboxylic acid groups (broad SMARTS) is 1.